The fourth-order valence-electron chi connectivity index (χ4n) is 2.16. The van der Waals surface area contributed by atoms with Crippen LogP contribution in [0, 0.1) is 11.2 Å². The number of ether oxygens (including phenoxy) is 1. The molecule has 1 aromatic rings. The first-order valence-electron chi connectivity index (χ1n) is 5.92. The molecule has 1 aliphatic rings. The predicted octanol–water partition coefficient (Wildman–Crippen LogP) is 2.57. The van der Waals surface area contributed by atoms with Crippen molar-refractivity contribution in [3.8, 4) is 0 Å². The molecule has 0 aromatic heterocycles. The predicted molar refractivity (Wildman–Crippen MR) is 64.5 cm³/mol. The van der Waals surface area contributed by atoms with Crippen LogP contribution in [0.5, 0.6) is 0 Å². The maximum absolute atomic E-state index is 13.9. The standard InChI is InChI=1S/C13H17FN2O/c14-12-9(4-3-7-11(12)13(15)16)8-17-10-5-1-2-6-10/h3-4,7,10H,1-2,5-6,8H2,(H3,15,16). The van der Waals surface area contributed by atoms with E-state index in [1.165, 1.54) is 18.9 Å². The lowest BCUT2D eigenvalue weighted by molar-refractivity contribution is 0.0441. The zero-order valence-corrected chi connectivity index (χ0v) is 9.71. The Morgan fingerprint density at radius 2 is 2.12 bits per heavy atom. The first-order valence-corrected chi connectivity index (χ1v) is 5.92. The Kier molecular flexibility index (Phi) is 3.74. The molecule has 1 saturated carbocycles. The van der Waals surface area contributed by atoms with Gasteiger partial charge in [0.2, 0.25) is 0 Å². The van der Waals surface area contributed by atoms with Crippen molar-refractivity contribution in [3.05, 3.63) is 35.1 Å². The second-order valence-corrected chi connectivity index (χ2v) is 4.41. The van der Waals surface area contributed by atoms with Crippen molar-refractivity contribution in [2.24, 2.45) is 5.73 Å². The second kappa shape index (κ2) is 5.27. The molecule has 0 atom stereocenters. The van der Waals surface area contributed by atoms with Gasteiger partial charge in [-0.2, -0.15) is 0 Å². The molecule has 0 bridgehead atoms. The van der Waals surface area contributed by atoms with Crippen LogP contribution in [0.4, 0.5) is 4.39 Å². The van der Waals surface area contributed by atoms with Crippen molar-refractivity contribution < 1.29 is 9.13 Å². The average molecular weight is 236 g/mol. The molecule has 0 amide bonds. The van der Waals surface area contributed by atoms with E-state index in [4.69, 9.17) is 15.9 Å². The number of nitrogens with two attached hydrogens (primary N) is 1. The smallest absolute Gasteiger partial charge is 0.139 e. The Morgan fingerprint density at radius 3 is 2.76 bits per heavy atom. The van der Waals surface area contributed by atoms with Crippen molar-refractivity contribution in [1.29, 1.82) is 5.41 Å². The lowest BCUT2D eigenvalue weighted by atomic mass is 10.1. The molecule has 0 aliphatic heterocycles. The molecule has 0 unspecified atom stereocenters. The van der Waals surface area contributed by atoms with E-state index in [9.17, 15) is 4.39 Å². The second-order valence-electron chi connectivity index (χ2n) is 4.41. The van der Waals surface area contributed by atoms with Crippen LogP contribution in [-0.4, -0.2) is 11.9 Å². The summed E-state index contributed by atoms with van der Waals surface area (Å²) in [5, 5.41) is 7.27. The maximum atomic E-state index is 13.9. The SMILES string of the molecule is N=C(N)c1cccc(COC2CCCC2)c1F. The van der Waals surface area contributed by atoms with Gasteiger partial charge in [0, 0.05) is 5.56 Å². The molecule has 0 saturated heterocycles. The highest BCUT2D eigenvalue weighted by Crippen LogP contribution is 2.23. The van der Waals surface area contributed by atoms with Gasteiger partial charge in [0.05, 0.1) is 18.3 Å². The zero-order chi connectivity index (χ0) is 12.3. The van der Waals surface area contributed by atoms with E-state index in [-0.39, 0.29) is 24.1 Å². The minimum absolute atomic E-state index is 0.150. The van der Waals surface area contributed by atoms with Crippen molar-refractivity contribution in [2.45, 2.75) is 38.4 Å². The number of nitrogens with one attached hydrogen (secondary N) is 1. The summed E-state index contributed by atoms with van der Waals surface area (Å²) >= 11 is 0. The summed E-state index contributed by atoms with van der Waals surface area (Å²) < 4.78 is 19.5. The summed E-state index contributed by atoms with van der Waals surface area (Å²) in [6.07, 6.45) is 4.78. The van der Waals surface area contributed by atoms with Crippen LogP contribution in [0.1, 0.15) is 36.8 Å². The van der Waals surface area contributed by atoms with Gasteiger partial charge in [-0.1, -0.05) is 25.0 Å². The minimum atomic E-state index is -0.432. The van der Waals surface area contributed by atoms with Crippen LogP contribution < -0.4 is 5.73 Å². The van der Waals surface area contributed by atoms with Crippen molar-refractivity contribution >= 4 is 5.84 Å². The molecule has 17 heavy (non-hydrogen) atoms. The fourth-order valence-corrected chi connectivity index (χ4v) is 2.16. The Bertz CT molecular complexity index is 414. The van der Waals surface area contributed by atoms with Gasteiger partial charge in [0.1, 0.15) is 11.7 Å². The number of hydrogen-bond acceptors (Lipinski definition) is 2. The van der Waals surface area contributed by atoms with E-state index in [1.54, 1.807) is 12.1 Å². The molecule has 3 nitrogen and oxygen atoms in total. The van der Waals surface area contributed by atoms with Crippen LogP contribution in [0.2, 0.25) is 0 Å². The summed E-state index contributed by atoms with van der Waals surface area (Å²) in [7, 11) is 0. The van der Waals surface area contributed by atoms with Gasteiger partial charge in [-0.3, -0.25) is 5.41 Å². The van der Waals surface area contributed by atoms with Gasteiger partial charge in [0.25, 0.3) is 0 Å². The number of rotatable bonds is 4. The van der Waals surface area contributed by atoms with Gasteiger partial charge in [-0.05, 0) is 18.9 Å². The Labute approximate surface area is 100 Å². The Hall–Kier alpha value is -1.42. The Morgan fingerprint density at radius 1 is 1.41 bits per heavy atom. The molecule has 1 aliphatic carbocycles. The van der Waals surface area contributed by atoms with Crippen molar-refractivity contribution in [2.75, 3.05) is 0 Å². The first kappa shape index (κ1) is 12.0. The van der Waals surface area contributed by atoms with E-state index < -0.39 is 5.82 Å². The van der Waals surface area contributed by atoms with Crippen LogP contribution in [0.15, 0.2) is 18.2 Å². The molecular formula is C13H17FN2O. The first-order chi connectivity index (χ1) is 8.18. The summed E-state index contributed by atoms with van der Waals surface area (Å²) in [6.45, 7) is 0.262. The lowest BCUT2D eigenvalue weighted by Gasteiger charge is -2.12. The normalized spacial score (nSPS) is 16.3. The Balaban J connectivity index is 2.04. The molecule has 92 valence electrons. The lowest BCUT2D eigenvalue weighted by Crippen LogP contribution is -2.15. The van der Waals surface area contributed by atoms with E-state index in [1.807, 2.05) is 0 Å². The van der Waals surface area contributed by atoms with Crippen LogP contribution in [0.3, 0.4) is 0 Å². The third-order valence-corrected chi connectivity index (χ3v) is 3.15. The quantitative estimate of drug-likeness (QED) is 0.623. The highest BCUT2D eigenvalue weighted by molar-refractivity contribution is 5.95. The van der Waals surface area contributed by atoms with E-state index >= 15 is 0 Å². The monoisotopic (exact) mass is 236 g/mol. The van der Waals surface area contributed by atoms with Gasteiger partial charge in [-0.25, -0.2) is 4.39 Å². The summed E-state index contributed by atoms with van der Waals surface area (Å²) in [5.74, 6) is -0.678. The highest BCUT2D eigenvalue weighted by Gasteiger charge is 2.17. The molecule has 2 rings (SSSR count). The van der Waals surface area contributed by atoms with Gasteiger partial charge < -0.3 is 10.5 Å². The molecule has 1 fully saturated rings. The fraction of sp³-hybridized carbons (Fsp3) is 0.462. The van der Waals surface area contributed by atoms with Crippen LogP contribution >= 0.6 is 0 Å². The third-order valence-electron chi connectivity index (χ3n) is 3.15. The van der Waals surface area contributed by atoms with Crippen LogP contribution in [-0.2, 0) is 11.3 Å². The molecule has 3 N–H and O–H groups in total. The molecule has 0 heterocycles. The number of nitrogen functional groups attached to an aromatic ring is 1. The summed E-state index contributed by atoms with van der Waals surface area (Å²) in [5.41, 5.74) is 5.93. The summed E-state index contributed by atoms with van der Waals surface area (Å²) in [6, 6.07) is 4.89. The number of hydrogen-bond donors (Lipinski definition) is 2. The minimum Gasteiger partial charge on any atom is -0.384 e. The average Bonchev–Trinajstić information content (AvgIpc) is 2.80. The topological polar surface area (TPSA) is 59.1 Å². The summed E-state index contributed by atoms with van der Waals surface area (Å²) in [4.78, 5) is 0. The maximum Gasteiger partial charge on any atom is 0.139 e. The number of benzene rings is 1. The van der Waals surface area contributed by atoms with Gasteiger partial charge >= 0.3 is 0 Å². The third kappa shape index (κ3) is 2.82. The van der Waals surface area contributed by atoms with Crippen molar-refractivity contribution in [3.63, 3.8) is 0 Å². The molecule has 1 aromatic carbocycles. The molecule has 0 radical (unpaired) electrons. The van der Waals surface area contributed by atoms with E-state index in [0.717, 1.165) is 12.8 Å². The van der Waals surface area contributed by atoms with E-state index in [0.29, 0.717) is 5.56 Å². The number of amidine groups is 1. The van der Waals surface area contributed by atoms with Gasteiger partial charge in [0.15, 0.2) is 0 Å². The molecule has 0 spiro atoms. The molecular weight excluding hydrogens is 219 g/mol. The molecule has 4 heteroatoms. The van der Waals surface area contributed by atoms with Gasteiger partial charge in [-0.15, -0.1) is 0 Å². The van der Waals surface area contributed by atoms with Crippen molar-refractivity contribution in [1.82, 2.24) is 0 Å². The number of halogens is 1. The van der Waals surface area contributed by atoms with E-state index in [2.05, 4.69) is 0 Å². The zero-order valence-electron chi connectivity index (χ0n) is 9.71. The largest absolute Gasteiger partial charge is 0.384 e. The van der Waals surface area contributed by atoms with Crippen LogP contribution in [0.25, 0.3) is 0 Å². The highest BCUT2D eigenvalue weighted by atomic mass is 19.1.